The average molecular weight is 134 g/mol. The largest absolute Gasteiger partial charge is 0.0693 e. The fourth-order valence-corrected chi connectivity index (χ4v) is 1.12. The standard InChI is InChI=1S/C10H14/c1-8-5-4-6-9(2)10(3)7-8/h4-6H,7H2,1-3H3. The van der Waals surface area contributed by atoms with Crippen molar-refractivity contribution in [2.75, 3.05) is 0 Å². The molecule has 0 bridgehead atoms. The van der Waals surface area contributed by atoms with E-state index >= 15 is 0 Å². The zero-order chi connectivity index (χ0) is 7.56. The van der Waals surface area contributed by atoms with E-state index in [1.165, 1.54) is 16.7 Å². The van der Waals surface area contributed by atoms with E-state index < -0.39 is 0 Å². The highest BCUT2D eigenvalue weighted by Crippen LogP contribution is 2.17. The first-order valence-corrected chi connectivity index (χ1v) is 3.70. The van der Waals surface area contributed by atoms with Crippen LogP contribution in [-0.4, -0.2) is 0 Å². The summed E-state index contributed by atoms with van der Waals surface area (Å²) in [7, 11) is 0. The molecule has 0 aliphatic heterocycles. The lowest BCUT2D eigenvalue weighted by Gasteiger charge is -2.00. The van der Waals surface area contributed by atoms with Gasteiger partial charge in [-0.1, -0.05) is 34.9 Å². The molecule has 10 heavy (non-hydrogen) atoms. The van der Waals surface area contributed by atoms with Crippen molar-refractivity contribution < 1.29 is 0 Å². The lowest BCUT2D eigenvalue weighted by atomic mass is 10.1. The first kappa shape index (κ1) is 7.33. The van der Waals surface area contributed by atoms with Crippen LogP contribution in [0.2, 0.25) is 0 Å². The summed E-state index contributed by atoms with van der Waals surface area (Å²) < 4.78 is 0. The van der Waals surface area contributed by atoms with E-state index in [-0.39, 0.29) is 0 Å². The molecule has 0 heteroatoms. The second-order valence-corrected chi connectivity index (χ2v) is 3.01. The highest BCUT2D eigenvalue weighted by molar-refractivity contribution is 5.32. The van der Waals surface area contributed by atoms with Gasteiger partial charge in [-0.2, -0.15) is 0 Å². The molecule has 0 aromatic rings. The topological polar surface area (TPSA) is 0 Å². The van der Waals surface area contributed by atoms with Crippen LogP contribution in [-0.2, 0) is 0 Å². The predicted octanol–water partition coefficient (Wildman–Crippen LogP) is 3.23. The van der Waals surface area contributed by atoms with Gasteiger partial charge in [-0.3, -0.25) is 0 Å². The Hall–Kier alpha value is -0.780. The molecular weight excluding hydrogens is 120 g/mol. The summed E-state index contributed by atoms with van der Waals surface area (Å²) in [5, 5.41) is 0. The molecule has 0 N–H and O–H groups in total. The Labute approximate surface area is 62.9 Å². The first-order valence-electron chi connectivity index (χ1n) is 3.70. The van der Waals surface area contributed by atoms with Crippen molar-refractivity contribution in [3.63, 3.8) is 0 Å². The number of rotatable bonds is 0. The molecule has 1 aliphatic carbocycles. The smallest absolute Gasteiger partial charge is 0.0105 e. The summed E-state index contributed by atoms with van der Waals surface area (Å²) in [4.78, 5) is 0. The molecule has 54 valence electrons. The molecule has 0 aromatic carbocycles. The van der Waals surface area contributed by atoms with Crippen LogP contribution in [0.3, 0.4) is 0 Å². The van der Waals surface area contributed by atoms with Crippen molar-refractivity contribution >= 4 is 0 Å². The Balaban J connectivity index is 2.90. The zero-order valence-electron chi connectivity index (χ0n) is 6.94. The summed E-state index contributed by atoms with van der Waals surface area (Å²) in [5.74, 6) is 0. The molecular formula is C10H14. The minimum atomic E-state index is 1.14. The molecule has 0 atom stereocenters. The quantitative estimate of drug-likeness (QED) is 0.477. The lowest BCUT2D eigenvalue weighted by molar-refractivity contribution is 1.09. The van der Waals surface area contributed by atoms with Crippen molar-refractivity contribution in [1.29, 1.82) is 0 Å². The van der Waals surface area contributed by atoms with Crippen molar-refractivity contribution in [3.05, 3.63) is 34.9 Å². The van der Waals surface area contributed by atoms with Crippen molar-refractivity contribution in [2.24, 2.45) is 0 Å². The van der Waals surface area contributed by atoms with Crippen LogP contribution in [0, 0.1) is 0 Å². The van der Waals surface area contributed by atoms with Gasteiger partial charge in [0.05, 0.1) is 0 Å². The van der Waals surface area contributed by atoms with Gasteiger partial charge in [0.2, 0.25) is 0 Å². The van der Waals surface area contributed by atoms with Gasteiger partial charge in [-0.05, 0) is 27.2 Å². The highest BCUT2D eigenvalue weighted by Gasteiger charge is 1.97. The van der Waals surface area contributed by atoms with E-state index in [0.29, 0.717) is 0 Å². The minimum absolute atomic E-state index is 1.14. The third-order valence-corrected chi connectivity index (χ3v) is 1.94. The van der Waals surface area contributed by atoms with Crippen LogP contribution >= 0.6 is 0 Å². The molecule has 1 rings (SSSR count). The summed E-state index contributed by atoms with van der Waals surface area (Å²) >= 11 is 0. The van der Waals surface area contributed by atoms with Gasteiger partial charge in [-0.25, -0.2) is 0 Å². The molecule has 0 amide bonds. The average Bonchev–Trinajstić information content (AvgIpc) is 1.96. The second kappa shape index (κ2) is 2.87. The van der Waals surface area contributed by atoms with Crippen LogP contribution in [0.5, 0.6) is 0 Å². The summed E-state index contributed by atoms with van der Waals surface area (Å²) in [5.41, 5.74) is 4.35. The fourth-order valence-electron chi connectivity index (χ4n) is 1.12. The van der Waals surface area contributed by atoms with Crippen LogP contribution in [0.1, 0.15) is 27.2 Å². The molecule has 0 aromatic heterocycles. The van der Waals surface area contributed by atoms with Gasteiger partial charge in [0, 0.05) is 0 Å². The van der Waals surface area contributed by atoms with E-state index in [1.54, 1.807) is 0 Å². The molecule has 0 spiro atoms. The third kappa shape index (κ3) is 1.60. The van der Waals surface area contributed by atoms with Gasteiger partial charge in [-0.15, -0.1) is 0 Å². The van der Waals surface area contributed by atoms with Crippen molar-refractivity contribution in [3.8, 4) is 0 Å². The molecule has 1 aliphatic rings. The molecule has 0 fully saturated rings. The molecule has 0 unspecified atom stereocenters. The number of hydrogen-bond donors (Lipinski definition) is 0. The Kier molecular flexibility index (Phi) is 2.10. The van der Waals surface area contributed by atoms with Gasteiger partial charge < -0.3 is 0 Å². The SMILES string of the molecule is CC1=CC=CC(C)=C(C)C1. The lowest BCUT2D eigenvalue weighted by Crippen LogP contribution is -1.80. The number of allylic oxidation sites excluding steroid dienone is 6. The fraction of sp³-hybridized carbons (Fsp3) is 0.400. The van der Waals surface area contributed by atoms with Crippen LogP contribution in [0.25, 0.3) is 0 Å². The monoisotopic (exact) mass is 134 g/mol. The van der Waals surface area contributed by atoms with Crippen molar-refractivity contribution in [2.45, 2.75) is 27.2 Å². The van der Waals surface area contributed by atoms with E-state index in [9.17, 15) is 0 Å². The Bertz CT molecular complexity index is 214. The Morgan fingerprint density at radius 3 is 2.60 bits per heavy atom. The van der Waals surface area contributed by atoms with E-state index in [4.69, 9.17) is 0 Å². The van der Waals surface area contributed by atoms with E-state index in [1.807, 2.05) is 0 Å². The number of hydrogen-bond acceptors (Lipinski definition) is 0. The van der Waals surface area contributed by atoms with E-state index in [2.05, 4.69) is 39.0 Å². The Morgan fingerprint density at radius 1 is 1.20 bits per heavy atom. The maximum Gasteiger partial charge on any atom is -0.0105 e. The summed E-state index contributed by atoms with van der Waals surface area (Å²) in [6, 6.07) is 0. The normalized spacial score (nSPS) is 18.9. The van der Waals surface area contributed by atoms with Gasteiger partial charge >= 0.3 is 0 Å². The maximum absolute atomic E-state index is 2.20. The van der Waals surface area contributed by atoms with Gasteiger partial charge in [0.25, 0.3) is 0 Å². The van der Waals surface area contributed by atoms with Crippen LogP contribution in [0.4, 0.5) is 0 Å². The molecule has 0 heterocycles. The second-order valence-electron chi connectivity index (χ2n) is 3.01. The molecule has 0 saturated carbocycles. The minimum Gasteiger partial charge on any atom is -0.0693 e. The van der Waals surface area contributed by atoms with Crippen LogP contribution < -0.4 is 0 Å². The zero-order valence-corrected chi connectivity index (χ0v) is 6.94. The summed E-state index contributed by atoms with van der Waals surface area (Å²) in [6.45, 7) is 6.53. The summed E-state index contributed by atoms with van der Waals surface area (Å²) in [6.07, 6.45) is 7.62. The maximum atomic E-state index is 2.20. The third-order valence-electron chi connectivity index (χ3n) is 1.94. The van der Waals surface area contributed by atoms with Crippen LogP contribution in [0.15, 0.2) is 34.9 Å². The first-order chi connectivity index (χ1) is 4.70. The molecule has 0 saturated heterocycles. The predicted molar refractivity (Wildman–Crippen MR) is 45.9 cm³/mol. The van der Waals surface area contributed by atoms with E-state index in [0.717, 1.165) is 6.42 Å². The Morgan fingerprint density at radius 2 is 1.90 bits per heavy atom. The highest BCUT2D eigenvalue weighted by atomic mass is 14.0. The van der Waals surface area contributed by atoms with Gasteiger partial charge in [0.15, 0.2) is 0 Å². The van der Waals surface area contributed by atoms with Gasteiger partial charge in [0.1, 0.15) is 0 Å². The van der Waals surface area contributed by atoms with Crippen molar-refractivity contribution in [1.82, 2.24) is 0 Å². The molecule has 0 nitrogen and oxygen atoms in total. The molecule has 0 radical (unpaired) electrons.